The van der Waals surface area contributed by atoms with Gasteiger partial charge in [-0.3, -0.25) is 4.79 Å². The second-order valence-corrected chi connectivity index (χ2v) is 12.1. The number of nitrogens with one attached hydrogen (secondary N) is 1. The molecule has 1 aromatic carbocycles. The fourth-order valence-corrected chi connectivity index (χ4v) is 7.58. The number of aryl methyl sites for hydroxylation is 3. The van der Waals surface area contributed by atoms with Crippen molar-refractivity contribution in [3.8, 4) is 0 Å². The molecule has 2 atom stereocenters. The Morgan fingerprint density at radius 1 is 1.03 bits per heavy atom. The Labute approximate surface area is 194 Å². The first-order valence-electron chi connectivity index (χ1n) is 12.2. The first-order chi connectivity index (χ1) is 15.1. The fraction of sp³-hybridized carbons (Fsp3) is 0.720. The third kappa shape index (κ3) is 6.12. The third-order valence-electron chi connectivity index (χ3n) is 6.92. The summed E-state index contributed by atoms with van der Waals surface area (Å²) in [4.78, 5) is 15.6. The second-order valence-electron chi connectivity index (χ2n) is 10.3. The topological polar surface area (TPSA) is 69.7 Å². The van der Waals surface area contributed by atoms with Crippen molar-refractivity contribution in [2.75, 3.05) is 39.3 Å². The molecule has 6 nitrogen and oxygen atoms in total. The molecule has 2 aliphatic rings. The summed E-state index contributed by atoms with van der Waals surface area (Å²) in [5.41, 5.74) is 2.65. The van der Waals surface area contributed by atoms with Crippen molar-refractivity contribution < 1.29 is 13.2 Å². The summed E-state index contributed by atoms with van der Waals surface area (Å²) in [5.74, 6) is 1.48. The minimum Gasteiger partial charge on any atom is -0.356 e. The van der Waals surface area contributed by atoms with E-state index in [4.69, 9.17) is 0 Å². The highest BCUT2D eigenvalue weighted by Crippen LogP contribution is 2.29. The number of carbonyl (C=O) groups is 1. The number of piperidine rings is 2. The number of carbonyl (C=O) groups excluding carboxylic acids is 1. The molecule has 0 bridgehead atoms. The highest BCUT2D eigenvalue weighted by molar-refractivity contribution is 7.89. The summed E-state index contributed by atoms with van der Waals surface area (Å²) in [5, 5.41) is 3.09. The van der Waals surface area contributed by atoms with Crippen molar-refractivity contribution in [3.63, 3.8) is 0 Å². The number of likely N-dealkylation sites (tertiary alicyclic amines) is 1. The highest BCUT2D eigenvalue weighted by atomic mass is 32.2. The summed E-state index contributed by atoms with van der Waals surface area (Å²) in [6.45, 7) is 15.2. The molecule has 0 saturated carbocycles. The molecular weight excluding hydrogens is 422 g/mol. The van der Waals surface area contributed by atoms with Crippen LogP contribution in [0.2, 0.25) is 0 Å². The van der Waals surface area contributed by atoms with E-state index < -0.39 is 10.0 Å². The molecule has 7 heteroatoms. The number of rotatable bonds is 7. The van der Waals surface area contributed by atoms with E-state index in [-0.39, 0.29) is 11.8 Å². The molecule has 0 spiro atoms. The second kappa shape index (κ2) is 10.7. The van der Waals surface area contributed by atoms with Crippen molar-refractivity contribution in [2.24, 2.45) is 17.8 Å². The van der Waals surface area contributed by atoms with E-state index >= 15 is 0 Å². The Bertz CT molecular complexity index is 874. The third-order valence-corrected chi connectivity index (χ3v) is 9.13. The van der Waals surface area contributed by atoms with Crippen LogP contribution in [-0.2, 0) is 14.8 Å². The Hall–Kier alpha value is -1.44. The van der Waals surface area contributed by atoms with Crippen molar-refractivity contribution in [3.05, 3.63) is 28.8 Å². The molecule has 32 heavy (non-hydrogen) atoms. The number of hydrogen-bond acceptors (Lipinski definition) is 4. The molecule has 2 aliphatic heterocycles. The van der Waals surface area contributed by atoms with E-state index in [0.29, 0.717) is 37.4 Å². The molecule has 3 rings (SSSR count). The van der Waals surface area contributed by atoms with Crippen LogP contribution in [0.15, 0.2) is 17.0 Å². The Morgan fingerprint density at radius 2 is 1.59 bits per heavy atom. The molecule has 2 saturated heterocycles. The predicted molar refractivity (Wildman–Crippen MR) is 129 cm³/mol. The zero-order valence-electron chi connectivity index (χ0n) is 20.5. The standard InChI is InChI=1S/C25H41N3O3S/c1-18-14-21(4)24(22(5)15-18)32(30,31)28-11-7-23(8-12-28)25(29)26-9-6-10-27-16-19(2)13-20(3)17-27/h14-15,19-20,23H,6-13,16-17H2,1-5H3,(H,26,29). The smallest absolute Gasteiger partial charge is 0.243 e. The molecule has 1 N–H and O–H groups in total. The van der Waals surface area contributed by atoms with Gasteiger partial charge in [-0.2, -0.15) is 4.31 Å². The van der Waals surface area contributed by atoms with Crippen molar-refractivity contribution >= 4 is 15.9 Å². The lowest BCUT2D eigenvalue weighted by atomic mass is 9.92. The molecule has 1 aromatic rings. The maximum Gasteiger partial charge on any atom is 0.243 e. The van der Waals surface area contributed by atoms with Gasteiger partial charge in [-0.05, 0) is 76.0 Å². The van der Waals surface area contributed by atoms with E-state index in [1.54, 1.807) is 4.31 Å². The molecule has 0 aliphatic carbocycles. The van der Waals surface area contributed by atoms with E-state index in [0.717, 1.165) is 54.6 Å². The lowest BCUT2D eigenvalue weighted by Crippen LogP contribution is -2.44. The zero-order chi connectivity index (χ0) is 23.5. The van der Waals surface area contributed by atoms with Gasteiger partial charge in [0.15, 0.2) is 0 Å². The summed E-state index contributed by atoms with van der Waals surface area (Å²) in [7, 11) is -3.54. The summed E-state index contributed by atoms with van der Waals surface area (Å²) < 4.78 is 28.0. The minimum atomic E-state index is -3.54. The molecule has 1 amide bonds. The van der Waals surface area contributed by atoms with Crippen LogP contribution in [0.1, 0.15) is 56.2 Å². The highest BCUT2D eigenvalue weighted by Gasteiger charge is 2.33. The van der Waals surface area contributed by atoms with E-state index in [2.05, 4.69) is 24.1 Å². The number of sulfonamides is 1. The maximum absolute atomic E-state index is 13.2. The van der Waals surface area contributed by atoms with Crippen molar-refractivity contribution in [1.29, 1.82) is 0 Å². The number of amides is 1. The Morgan fingerprint density at radius 3 is 2.16 bits per heavy atom. The summed E-state index contributed by atoms with van der Waals surface area (Å²) >= 11 is 0. The average Bonchev–Trinajstić information content (AvgIpc) is 2.69. The van der Waals surface area contributed by atoms with Crippen LogP contribution in [0.5, 0.6) is 0 Å². The van der Waals surface area contributed by atoms with Crippen molar-refractivity contribution in [1.82, 2.24) is 14.5 Å². The lowest BCUT2D eigenvalue weighted by molar-refractivity contribution is -0.126. The summed E-state index contributed by atoms with van der Waals surface area (Å²) in [6, 6.07) is 3.84. The molecule has 0 radical (unpaired) electrons. The molecule has 2 fully saturated rings. The van der Waals surface area contributed by atoms with E-state index in [1.807, 2.05) is 32.9 Å². The molecule has 2 unspecified atom stereocenters. The lowest BCUT2D eigenvalue weighted by Gasteiger charge is -2.35. The van der Waals surface area contributed by atoms with E-state index in [9.17, 15) is 13.2 Å². The number of benzene rings is 1. The number of nitrogens with zero attached hydrogens (tertiary/aromatic N) is 2. The van der Waals surface area contributed by atoms with Crippen LogP contribution >= 0.6 is 0 Å². The first-order valence-corrected chi connectivity index (χ1v) is 13.6. The van der Waals surface area contributed by atoms with Gasteiger partial charge < -0.3 is 10.2 Å². The van der Waals surface area contributed by atoms with Crippen LogP contribution < -0.4 is 5.32 Å². The molecule has 2 heterocycles. The van der Waals surface area contributed by atoms with Gasteiger partial charge in [0.25, 0.3) is 0 Å². The van der Waals surface area contributed by atoms with Gasteiger partial charge in [0.2, 0.25) is 15.9 Å². The van der Waals surface area contributed by atoms with Crippen LogP contribution in [0.4, 0.5) is 0 Å². The van der Waals surface area contributed by atoms with Gasteiger partial charge in [0.1, 0.15) is 0 Å². The first kappa shape index (κ1) is 25.2. The Kier molecular flexibility index (Phi) is 8.39. The SMILES string of the molecule is Cc1cc(C)c(S(=O)(=O)N2CCC(C(=O)NCCCN3CC(C)CC(C)C3)CC2)c(C)c1. The van der Waals surface area contributed by atoms with Gasteiger partial charge in [-0.25, -0.2) is 8.42 Å². The normalized spacial score (nSPS) is 23.9. The Balaban J connectivity index is 1.45. The van der Waals surface area contributed by atoms with Gasteiger partial charge in [0.05, 0.1) is 4.90 Å². The molecule has 0 aromatic heterocycles. The van der Waals surface area contributed by atoms with Gasteiger partial charge in [0, 0.05) is 38.6 Å². The largest absolute Gasteiger partial charge is 0.356 e. The fourth-order valence-electron chi connectivity index (χ4n) is 5.69. The summed E-state index contributed by atoms with van der Waals surface area (Å²) in [6.07, 6.45) is 3.43. The molecular formula is C25H41N3O3S. The van der Waals surface area contributed by atoms with Crippen molar-refractivity contribution in [2.45, 2.75) is 65.2 Å². The van der Waals surface area contributed by atoms with Crippen LogP contribution in [0.3, 0.4) is 0 Å². The maximum atomic E-state index is 13.2. The van der Waals surface area contributed by atoms with Crippen LogP contribution in [0.25, 0.3) is 0 Å². The average molecular weight is 464 g/mol. The molecule has 180 valence electrons. The number of hydrogen-bond donors (Lipinski definition) is 1. The van der Waals surface area contributed by atoms with Crippen LogP contribution in [-0.4, -0.2) is 62.8 Å². The minimum absolute atomic E-state index is 0.0742. The van der Waals surface area contributed by atoms with Gasteiger partial charge in [-0.15, -0.1) is 0 Å². The monoisotopic (exact) mass is 463 g/mol. The zero-order valence-corrected chi connectivity index (χ0v) is 21.3. The quantitative estimate of drug-likeness (QED) is 0.629. The predicted octanol–water partition coefficient (Wildman–Crippen LogP) is 3.50. The van der Waals surface area contributed by atoms with Gasteiger partial charge in [-0.1, -0.05) is 31.5 Å². The van der Waals surface area contributed by atoms with Crippen LogP contribution in [0, 0.1) is 38.5 Å². The van der Waals surface area contributed by atoms with Gasteiger partial charge >= 0.3 is 0 Å². The van der Waals surface area contributed by atoms with E-state index in [1.165, 1.54) is 6.42 Å².